The Balaban J connectivity index is 1.34. The van der Waals surface area contributed by atoms with Gasteiger partial charge in [-0.05, 0) is 53.8 Å². The number of likely N-dealkylation sites (N-methyl/N-ethyl adjacent to an activating group) is 1. The number of carbonyl (C=O) groups is 4. The Bertz CT molecular complexity index is 1340. The average molecular weight is 511 g/mol. The van der Waals surface area contributed by atoms with Crippen molar-refractivity contribution in [2.24, 2.45) is 5.41 Å². The fraction of sp³-hybridized carbons (Fsp3) is 0.407. The zero-order chi connectivity index (χ0) is 26.7. The molecule has 0 radical (unpaired) electrons. The van der Waals surface area contributed by atoms with Crippen LogP contribution in [-0.2, 0) is 27.2 Å². The normalized spacial score (nSPS) is 24.5. The lowest BCUT2D eigenvalue weighted by molar-refractivity contribution is -0.150. The predicted molar refractivity (Wildman–Crippen MR) is 130 cm³/mol. The molecule has 2 saturated heterocycles. The number of halogens is 2. The molecule has 1 aliphatic carbocycles. The maximum absolute atomic E-state index is 13.9. The van der Waals surface area contributed by atoms with E-state index in [-0.39, 0.29) is 18.4 Å². The Morgan fingerprint density at radius 3 is 2.46 bits per heavy atom. The van der Waals surface area contributed by atoms with Crippen LogP contribution in [0.4, 0.5) is 19.3 Å². The van der Waals surface area contributed by atoms with Crippen LogP contribution in [0.15, 0.2) is 36.4 Å². The van der Waals surface area contributed by atoms with E-state index in [1.165, 1.54) is 15.9 Å². The van der Waals surface area contributed by atoms with Crippen molar-refractivity contribution in [2.45, 2.75) is 51.1 Å². The van der Waals surface area contributed by atoms with Crippen molar-refractivity contribution < 1.29 is 28.0 Å². The molecule has 0 unspecified atom stereocenters. The lowest BCUT2D eigenvalue weighted by atomic mass is 9.78. The molecule has 2 aliphatic heterocycles. The highest BCUT2D eigenvalue weighted by atomic mass is 19.2. The minimum Gasteiger partial charge on any atom is -0.326 e. The van der Waals surface area contributed by atoms with Crippen molar-refractivity contribution in [1.29, 1.82) is 0 Å². The highest BCUT2D eigenvalue weighted by Crippen LogP contribution is 2.41. The molecule has 8 nitrogen and oxygen atoms in total. The second-order valence-corrected chi connectivity index (χ2v) is 10.8. The van der Waals surface area contributed by atoms with Crippen molar-refractivity contribution in [3.8, 4) is 0 Å². The van der Waals surface area contributed by atoms with Gasteiger partial charge in [0.1, 0.15) is 12.1 Å². The second-order valence-electron chi connectivity index (χ2n) is 10.8. The molecule has 0 aromatic heterocycles. The van der Waals surface area contributed by atoms with E-state index in [4.69, 9.17) is 0 Å². The molecular formula is C27H28F2N4O4. The van der Waals surface area contributed by atoms with Crippen LogP contribution in [0.3, 0.4) is 0 Å². The van der Waals surface area contributed by atoms with Gasteiger partial charge in [-0.2, -0.15) is 0 Å². The van der Waals surface area contributed by atoms with Crippen molar-refractivity contribution >= 4 is 29.4 Å². The van der Waals surface area contributed by atoms with Crippen LogP contribution >= 0.6 is 0 Å². The van der Waals surface area contributed by atoms with Crippen LogP contribution in [0.1, 0.15) is 49.4 Å². The number of imide groups is 1. The van der Waals surface area contributed by atoms with Gasteiger partial charge >= 0.3 is 6.03 Å². The first-order chi connectivity index (χ1) is 17.4. The Morgan fingerprint density at radius 1 is 1.05 bits per heavy atom. The molecule has 10 heteroatoms. The van der Waals surface area contributed by atoms with Gasteiger partial charge in [0.25, 0.3) is 5.91 Å². The SMILES string of the molecule is CN1C(=O)NC(=O)[C@@]12Cc1ccc(NC(=O)CN3C(=O)C(C)(C)CC[C@H]3c3ccc(F)c(F)c3)cc1C2. The van der Waals surface area contributed by atoms with Gasteiger partial charge in [-0.15, -0.1) is 0 Å². The van der Waals surface area contributed by atoms with Gasteiger partial charge in [0.2, 0.25) is 11.8 Å². The summed E-state index contributed by atoms with van der Waals surface area (Å²) in [5, 5.41) is 5.18. The molecule has 2 fully saturated rings. The first kappa shape index (κ1) is 24.9. The van der Waals surface area contributed by atoms with Gasteiger partial charge in [0.05, 0.1) is 6.04 Å². The van der Waals surface area contributed by atoms with Crippen molar-refractivity contribution in [2.75, 3.05) is 18.9 Å². The van der Waals surface area contributed by atoms with E-state index in [0.717, 1.165) is 23.3 Å². The molecule has 194 valence electrons. The Kier molecular flexibility index (Phi) is 5.80. The topological polar surface area (TPSA) is 98.8 Å². The van der Waals surface area contributed by atoms with E-state index >= 15 is 0 Å². The fourth-order valence-electron chi connectivity index (χ4n) is 5.67. The lowest BCUT2D eigenvalue weighted by Crippen LogP contribution is -2.50. The number of likely N-dealkylation sites (tertiary alicyclic amines) is 1. The van der Waals surface area contributed by atoms with Gasteiger partial charge in [0, 0.05) is 31.0 Å². The van der Waals surface area contributed by atoms with E-state index in [2.05, 4.69) is 10.6 Å². The summed E-state index contributed by atoms with van der Waals surface area (Å²) < 4.78 is 27.5. The molecule has 1 spiro atoms. The smallest absolute Gasteiger partial charge is 0.324 e. The highest BCUT2D eigenvalue weighted by Gasteiger charge is 2.54. The van der Waals surface area contributed by atoms with E-state index in [9.17, 15) is 28.0 Å². The predicted octanol–water partition coefficient (Wildman–Crippen LogP) is 3.31. The number of rotatable bonds is 4. The molecule has 2 atom stereocenters. The largest absolute Gasteiger partial charge is 0.326 e. The molecule has 0 saturated carbocycles. The first-order valence-corrected chi connectivity index (χ1v) is 12.2. The Labute approximate surface area is 213 Å². The molecule has 2 aromatic carbocycles. The summed E-state index contributed by atoms with van der Waals surface area (Å²) in [6.45, 7) is 3.35. The third kappa shape index (κ3) is 4.14. The number of hydrogen-bond acceptors (Lipinski definition) is 4. The molecule has 3 aliphatic rings. The molecule has 2 aromatic rings. The summed E-state index contributed by atoms with van der Waals surface area (Å²) in [5.74, 6) is -2.98. The number of urea groups is 1. The van der Waals surface area contributed by atoms with Crippen LogP contribution in [-0.4, -0.2) is 52.7 Å². The second kappa shape index (κ2) is 8.64. The first-order valence-electron chi connectivity index (χ1n) is 12.2. The third-order valence-electron chi connectivity index (χ3n) is 7.95. The van der Waals surface area contributed by atoms with Gasteiger partial charge in [-0.1, -0.05) is 26.0 Å². The number of fused-ring (bicyclic) bond motifs is 1. The number of nitrogens with zero attached hydrogens (tertiary/aromatic N) is 2. The van der Waals surface area contributed by atoms with Crippen LogP contribution in [0.25, 0.3) is 0 Å². The Hall–Kier alpha value is -3.82. The molecule has 5 amide bonds. The summed E-state index contributed by atoms with van der Waals surface area (Å²) in [4.78, 5) is 53.7. The zero-order valence-electron chi connectivity index (χ0n) is 20.9. The van der Waals surface area contributed by atoms with E-state index in [0.29, 0.717) is 36.9 Å². The number of anilines is 1. The number of carbonyl (C=O) groups excluding carboxylic acids is 4. The van der Waals surface area contributed by atoms with E-state index < -0.39 is 40.6 Å². The van der Waals surface area contributed by atoms with Crippen LogP contribution in [0.2, 0.25) is 0 Å². The molecule has 37 heavy (non-hydrogen) atoms. The maximum atomic E-state index is 13.9. The lowest BCUT2D eigenvalue weighted by Gasteiger charge is -2.43. The minimum atomic E-state index is -1.00. The summed E-state index contributed by atoms with van der Waals surface area (Å²) in [5.41, 5.74) is 1.05. The Morgan fingerprint density at radius 2 is 1.78 bits per heavy atom. The molecular weight excluding hydrogens is 482 g/mol. The average Bonchev–Trinajstić information content (AvgIpc) is 3.32. The monoisotopic (exact) mass is 510 g/mol. The minimum absolute atomic E-state index is 0.237. The summed E-state index contributed by atoms with van der Waals surface area (Å²) in [6.07, 6.45) is 1.77. The van der Waals surface area contributed by atoms with Crippen LogP contribution < -0.4 is 10.6 Å². The number of nitrogens with one attached hydrogen (secondary N) is 2. The van der Waals surface area contributed by atoms with Crippen LogP contribution in [0, 0.1) is 17.0 Å². The van der Waals surface area contributed by atoms with Gasteiger partial charge in [0.15, 0.2) is 11.6 Å². The third-order valence-corrected chi connectivity index (χ3v) is 7.95. The number of amides is 5. The van der Waals surface area contributed by atoms with Gasteiger partial charge in [-0.3, -0.25) is 19.7 Å². The quantitative estimate of drug-likeness (QED) is 0.617. The molecule has 2 heterocycles. The molecule has 2 N–H and O–H groups in total. The highest BCUT2D eigenvalue weighted by molar-refractivity contribution is 6.07. The van der Waals surface area contributed by atoms with Crippen molar-refractivity contribution in [3.63, 3.8) is 0 Å². The number of piperidine rings is 1. The standard InChI is InChI=1S/C27H28F2N4O4/c1-26(2)9-8-21(15-5-7-19(28)20(29)11-15)33(24(26)36)14-22(34)30-18-6-4-16-12-27(13-17(16)10-18)23(35)31-25(37)32(27)3/h4-7,10-11,21H,8-9,12-14H2,1-3H3,(H,30,34)(H,31,35,37)/t21-,27-/m0/s1. The number of hydrogen-bond donors (Lipinski definition) is 2. The van der Waals surface area contributed by atoms with Crippen LogP contribution in [0.5, 0.6) is 0 Å². The van der Waals surface area contributed by atoms with Gasteiger partial charge in [-0.25, -0.2) is 13.6 Å². The van der Waals surface area contributed by atoms with Crippen molar-refractivity contribution in [1.82, 2.24) is 15.1 Å². The summed E-state index contributed by atoms with van der Waals surface area (Å²) >= 11 is 0. The van der Waals surface area contributed by atoms with Gasteiger partial charge < -0.3 is 15.1 Å². The van der Waals surface area contributed by atoms with E-state index in [1.54, 1.807) is 33.0 Å². The molecule has 5 rings (SSSR count). The summed E-state index contributed by atoms with van der Waals surface area (Å²) in [6, 6.07) is 7.87. The summed E-state index contributed by atoms with van der Waals surface area (Å²) in [7, 11) is 1.59. The van der Waals surface area contributed by atoms with Crippen molar-refractivity contribution in [3.05, 3.63) is 64.7 Å². The fourth-order valence-corrected chi connectivity index (χ4v) is 5.67. The maximum Gasteiger partial charge on any atom is 0.324 e. The van der Waals surface area contributed by atoms with E-state index in [1.807, 2.05) is 6.07 Å². The zero-order valence-corrected chi connectivity index (χ0v) is 20.9. The molecule has 0 bridgehead atoms. The number of benzene rings is 2.